The normalized spacial score (nSPS) is 15.1. The Morgan fingerprint density at radius 1 is 1.11 bits per heavy atom. The Balaban J connectivity index is 1.39. The number of amides is 2. The summed E-state index contributed by atoms with van der Waals surface area (Å²) < 4.78 is 28.8. The minimum absolute atomic E-state index is 0.164. The molecule has 12 nitrogen and oxygen atoms in total. The summed E-state index contributed by atoms with van der Waals surface area (Å²) in [6.45, 7) is 3.88. The first-order chi connectivity index (χ1) is 22.1. The van der Waals surface area contributed by atoms with Gasteiger partial charge in [0, 0.05) is 16.3 Å². The summed E-state index contributed by atoms with van der Waals surface area (Å²) in [7, 11) is 2.82. The topological polar surface area (TPSA) is 149 Å². The Morgan fingerprint density at radius 2 is 1.89 bits per heavy atom. The molecule has 0 unspecified atom stereocenters. The van der Waals surface area contributed by atoms with E-state index >= 15 is 0 Å². The van der Waals surface area contributed by atoms with Crippen molar-refractivity contribution in [2.75, 3.05) is 27.4 Å². The maximum atomic E-state index is 12.5. The first-order valence-electron chi connectivity index (χ1n) is 14.1. The smallest absolute Gasteiger partial charge is 0.337 e. The van der Waals surface area contributed by atoms with Crippen LogP contribution in [0.2, 0.25) is 5.02 Å². The first kappa shape index (κ1) is 34.7. The molecule has 14 heteroatoms. The van der Waals surface area contributed by atoms with Gasteiger partial charge in [0.2, 0.25) is 0 Å². The highest BCUT2D eigenvalue weighted by atomic mass is 127. The fourth-order valence-electron chi connectivity index (χ4n) is 4.54. The molecule has 0 radical (unpaired) electrons. The number of urea groups is 1. The standard InChI is InChI=1S/C32H34ClIN4O8/c1-5-44-25-14-20(29-28(31(40)43-4)18(2)36-32(41)37-29)10-11-24(25)45-17-27(39)38-35-15-19-12-23(34)30(26(13-19)42-3)46-16-21-8-6-7-9-22(21)33/h6-15,27,29,38-39H,5,16-17H2,1-4H3,(H2,36,37,41)/b35-15-/t27-,29-/m1/s1. The number of hydrogen-bond donors (Lipinski definition) is 4. The number of hydrogen-bond acceptors (Lipinski definition) is 10. The predicted octanol–water partition coefficient (Wildman–Crippen LogP) is 5.05. The number of halogens is 2. The number of carbonyl (C=O) groups excluding carboxylic acids is 2. The number of aliphatic hydroxyl groups is 1. The highest BCUT2D eigenvalue weighted by molar-refractivity contribution is 14.1. The highest BCUT2D eigenvalue weighted by Gasteiger charge is 2.32. The molecule has 0 saturated carbocycles. The molecule has 244 valence electrons. The molecule has 4 N–H and O–H groups in total. The van der Waals surface area contributed by atoms with Crippen LogP contribution in [0.25, 0.3) is 0 Å². The summed E-state index contributed by atoms with van der Waals surface area (Å²) in [5, 5.41) is 20.6. The average Bonchev–Trinajstić information content (AvgIpc) is 3.03. The quantitative estimate of drug-likeness (QED) is 0.0582. The van der Waals surface area contributed by atoms with E-state index in [2.05, 4.69) is 43.8 Å². The van der Waals surface area contributed by atoms with Gasteiger partial charge in [0.1, 0.15) is 13.2 Å². The number of allylic oxidation sites excluding steroid dienone is 1. The van der Waals surface area contributed by atoms with E-state index in [1.807, 2.05) is 37.3 Å². The molecule has 0 aliphatic carbocycles. The van der Waals surface area contributed by atoms with Crippen LogP contribution >= 0.6 is 34.2 Å². The molecule has 0 bridgehead atoms. The van der Waals surface area contributed by atoms with Gasteiger partial charge >= 0.3 is 12.0 Å². The molecule has 2 amide bonds. The van der Waals surface area contributed by atoms with Crippen LogP contribution in [-0.2, 0) is 16.1 Å². The summed E-state index contributed by atoms with van der Waals surface area (Å²) in [4.78, 5) is 24.6. The van der Waals surface area contributed by atoms with Crippen LogP contribution in [0.3, 0.4) is 0 Å². The average molecular weight is 765 g/mol. The monoisotopic (exact) mass is 764 g/mol. The minimum Gasteiger partial charge on any atom is -0.493 e. The fraction of sp³-hybridized carbons (Fsp3) is 0.281. The van der Waals surface area contributed by atoms with Crippen molar-refractivity contribution >= 4 is 52.4 Å². The first-order valence-corrected chi connectivity index (χ1v) is 15.6. The van der Waals surface area contributed by atoms with Crippen LogP contribution in [0.5, 0.6) is 23.0 Å². The van der Waals surface area contributed by atoms with Crippen LogP contribution in [0, 0.1) is 3.57 Å². The van der Waals surface area contributed by atoms with E-state index in [0.717, 1.165) is 9.13 Å². The molecule has 0 saturated heterocycles. The van der Waals surface area contributed by atoms with Crippen molar-refractivity contribution in [3.05, 3.63) is 91.2 Å². The van der Waals surface area contributed by atoms with Crippen molar-refractivity contribution < 1.29 is 38.4 Å². The Labute approximate surface area is 285 Å². The fourth-order valence-corrected chi connectivity index (χ4v) is 5.51. The van der Waals surface area contributed by atoms with Gasteiger partial charge in [-0.1, -0.05) is 35.9 Å². The zero-order valence-electron chi connectivity index (χ0n) is 25.6. The molecule has 3 aromatic carbocycles. The molecular formula is C32H34ClIN4O8. The second-order valence-electron chi connectivity index (χ2n) is 9.83. The van der Waals surface area contributed by atoms with Crippen LogP contribution in [0.1, 0.15) is 36.6 Å². The third kappa shape index (κ3) is 8.73. The maximum absolute atomic E-state index is 12.5. The number of benzene rings is 3. The minimum atomic E-state index is -1.16. The molecule has 0 aromatic heterocycles. The molecule has 1 aliphatic heterocycles. The molecule has 0 spiro atoms. The Bertz CT molecular complexity index is 1630. The predicted molar refractivity (Wildman–Crippen MR) is 180 cm³/mol. The molecule has 1 aliphatic rings. The lowest BCUT2D eigenvalue weighted by Gasteiger charge is -2.28. The lowest BCUT2D eigenvalue weighted by atomic mass is 9.95. The molecule has 0 fully saturated rings. The zero-order chi connectivity index (χ0) is 33.2. The summed E-state index contributed by atoms with van der Waals surface area (Å²) >= 11 is 8.41. The number of nitrogens with zero attached hydrogens (tertiary/aromatic N) is 1. The Hall–Kier alpha value is -4.21. The number of carbonyl (C=O) groups is 2. The van der Waals surface area contributed by atoms with Crippen molar-refractivity contribution in [2.24, 2.45) is 5.10 Å². The van der Waals surface area contributed by atoms with Gasteiger partial charge in [-0.3, -0.25) is 5.43 Å². The molecule has 2 atom stereocenters. The van der Waals surface area contributed by atoms with Crippen LogP contribution in [-0.4, -0.2) is 57.0 Å². The van der Waals surface area contributed by atoms with E-state index in [1.54, 1.807) is 38.3 Å². The molecule has 3 aromatic rings. The third-order valence-corrected chi connectivity index (χ3v) is 7.86. The van der Waals surface area contributed by atoms with Crippen LogP contribution in [0.4, 0.5) is 4.79 Å². The number of hydrazone groups is 1. The third-order valence-electron chi connectivity index (χ3n) is 6.69. The van der Waals surface area contributed by atoms with E-state index in [0.29, 0.717) is 51.5 Å². The van der Waals surface area contributed by atoms with E-state index < -0.39 is 24.3 Å². The summed E-state index contributed by atoms with van der Waals surface area (Å²) in [6, 6.07) is 14.9. The summed E-state index contributed by atoms with van der Waals surface area (Å²) in [5.74, 6) is 1.23. The number of ether oxygens (including phenoxy) is 5. The molecule has 46 heavy (non-hydrogen) atoms. The van der Waals surface area contributed by atoms with Crippen LogP contribution < -0.4 is 35.0 Å². The van der Waals surface area contributed by atoms with Gasteiger partial charge in [-0.2, -0.15) is 5.10 Å². The summed E-state index contributed by atoms with van der Waals surface area (Å²) in [5.41, 5.74) is 5.43. The van der Waals surface area contributed by atoms with Crippen molar-refractivity contribution in [1.82, 2.24) is 16.1 Å². The van der Waals surface area contributed by atoms with Gasteiger partial charge in [0.05, 0.1) is 42.2 Å². The van der Waals surface area contributed by atoms with Crippen molar-refractivity contribution in [1.29, 1.82) is 0 Å². The summed E-state index contributed by atoms with van der Waals surface area (Å²) in [6.07, 6.45) is 0.373. The Morgan fingerprint density at radius 3 is 2.61 bits per heavy atom. The molecular weight excluding hydrogens is 731 g/mol. The molecule has 1 heterocycles. The second kappa shape index (κ2) is 16.4. The van der Waals surface area contributed by atoms with Crippen molar-refractivity contribution in [3.63, 3.8) is 0 Å². The van der Waals surface area contributed by atoms with Gasteiger partial charge < -0.3 is 39.4 Å². The second-order valence-corrected chi connectivity index (χ2v) is 11.4. The van der Waals surface area contributed by atoms with Crippen LogP contribution in [0.15, 0.2) is 71.0 Å². The van der Waals surface area contributed by atoms with Gasteiger partial charge in [0.15, 0.2) is 29.2 Å². The number of rotatable bonds is 14. The van der Waals surface area contributed by atoms with Gasteiger partial charge in [-0.25, -0.2) is 9.59 Å². The lowest BCUT2D eigenvalue weighted by molar-refractivity contribution is -0.136. The van der Waals surface area contributed by atoms with Gasteiger partial charge in [-0.15, -0.1) is 0 Å². The van der Waals surface area contributed by atoms with Gasteiger partial charge in [-0.05, 0) is 77.9 Å². The number of methoxy groups -OCH3 is 2. The van der Waals surface area contributed by atoms with E-state index in [1.165, 1.54) is 13.3 Å². The lowest BCUT2D eigenvalue weighted by Crippen LogP contribution is -2.45. The highest BCUT2D eigenvalue weighted by Crippen LogP contribution is 2.36. The maximum Gasteiger partial charge on any atom is 0.337 e. The van der Waals surface area contributed by atoms with E-state index in [9.17, 15) is 14.7 Å². The van der Waals surface area contributed by atoms with E-state index in [4.69, 9.17) is 35.3 Å². The van der Waals surface area contributed by atoms with E-state index in [-0.39, 0.29) is 18.8 Å². The van der Waals surface area contributed by atoms with Crippen molar-refractivity contribution in [3.8, 4) is 23.0 Å². The SMILES string of the molecule is CCOc1cc([C@H]2NC(=O)NC(C)=C2C(=O)OC)ccc1OC[C@@H](O)N/N=C\c1cc(I)c(OCc2ccccc2Cl)c(OC)c1. The number of esters is 1. The Kier molecular flexibility index (Phi) is 12.3. The zero-order valence-corrected chi connectivity index (χ0v) is 28.5. The number of nitrogens with one attached hydrogen (secondary N) is 3. The molecule has 4 rings (SSSR count). The largest absolute Gasteiger partial charge is 0.493 e. The van der Waals surface area contributed by atoms with Crippen molar-refractivity contribution in [2.45, 2.75) is 32.7 Å². The van der Waals surface area contributed by atoms with Gasteiger partial charge in [0.25, 0.3) is 0 Å². The number of aliphatic hydroxyl groups excluding tert-OH is 1.